The molecule has 1 amide bonds. The number of carboxylic acid groups (broad SMARTS) is 1. The van der Waals surface area contributed by atoms with Crippen molar-refractivity contribution < 1.29 is 19.1 Å². The van der Waals surface area contributed by atoms with Gasteiger partial charge in [0.25, 0.3) is 0 Å². The standard InChI is InChI=1S/C28H25FN8O3S/c1-27(2,26(39)40)11-15-13-41-25(32-15)28(3)18-20(30)33-22(34-21(18)35-24(28)38)19-16-8-6-10-31-23(16)37(36-19)12-14-7-4-5-9-17(14)29/h4-10,13H,11-12H2,1-3H3,(H,39,40)(H3,30,33,34,35,38)/t28-/m1/s1. The molecule has 5 heterocycles. The van der Waals surface area contributed by atoms with E-state index in [0.717, 1.165) is 0 Å². The molecule has 41 heavy (non-hydrogen) atoms. The topological polar surface area (TPSA) is 162 Å². The van der Waals surface area contributed by atoms with Crippen molar-refractivity contribution in [1.29, 1.82) is 0 Å². The van der Waals surface area contributed by atoms with Gasteiger partial charge in [-0.25, -0.2) is 29.0 Å². The van der Waals surface area contributed by atoms with Crippen molar-refractivity contribution in [2.45, 2.75) is 39.2 Å². The number of nitrogens with zero attached hydrogens (tertiary/aromatic N) is 6. The molecule has 0 unspecified atom stereocenters. The molecule has 0 saturated heterocycles. The number of nitrogen functional groups attached to an aromatic ring is 1. The van der Waals surface area contributed by atoms with Crippen LogP contribution < -0.4 is 11.1 Å². The first kappa shape index (κ1) is 26.4. The molecule has 0 spiro atoms. The minimum absolute atomic E-state index is 0.0779. The van der Waals surface area contributed by atoms with Crippen molar-refractivity contribution >= 4 is 45.9 Å². The van der Waals surface area contributed by atoms with Crippen LogP contribution in [0.4, 0.5) is 16.0 Å². The number of thiazole rings is 1. The van der Waals surface area contributed by atoms with E-state index in [1.54, 1.807) is 61.3 Å². The third-order valence-electron chi connectivity index (χ3n) is 7.30. The first-order chi connectivity index (χ1) is 19.5. The Kier molecular flexibility index (Phi) is 6.07. The number of nitrogens with two attached hydrogens (primary N) is 1. The Hall–Kier alpha value is -4.78. The predicted molar refractivity (Wildman–Crippen MR) is 151 cm³/mol. The number of amides is 1. The molecule has 0 saturated carbocycles. The molecule has 1 aromatic carbocycles. The number of fused-ring (bicyclic) bond motifs is 2. The number of carbonyl (C=O) groups excluding carboxylic acids is 1. The number of aliphatic carboxylic acids is 1. The van der Waals surface area contributed by atoms with E-state index in [-0.39, 0.29) is 42.2 Å². The average molecular weight is 573 g/mol. The largest absolute Gasteiger partial charge is 0.481 e. The zero-order valence-electron chi connectivity index (χ0n) is 22.3. The lowest BCUT2D eigenvalue weighted by Gasteiger charge is -2.20. The number of halogens is 1. The van der Waals surface area contributed by atoms with Gasteiger partial charge in [0.2, 0.25) is 5.91 Å². The maximum absolute atomic E-state index is 14.4. The molecule has 6 rings (SSSR count). The number of nitrogens with one attached hydrogen (secondary N) is 1. The minimum atomic E-state index is -1.28. The van der Waals surface area contributed by atoms with Gasteiger partial charge in [-0.3, -0.25) is 9.59 Å². The van der Waals surface area contributed by atoms with Gasteiger partial charge in [0, 0.05) is 23.6 Å². The van der Waals surface area contributed by atoms with E-state index in [1.165, 1.54) is 17.4 Å². The molecule has 1 aliphatic heterocycles. The number of pyridine rings is 1. The summed E-state index contributed by atoms with van der Waals surface area (Å²) >= 11 is 1.25. The van der Waals surface area contributed by atoms with E-state index in [1.807, 2.05) is 6.07 Å². The molecule has 4 aromatic heterocycles. The molecule has 1 aliphatic rings. The second kappa shape index (κ2) is 9.41. The van der Waals surface area contributed by atoms with Gasteiger partial charge in [0.15, 0.2) is 11.5 Å². The number of carboxylic acids is 1. The van der Waals surface area contributed by atoms with Gasteiger partial charge in [0.05, 0.1) is 28.6 Å². The van der Waals surface area contributed by atoms with E-state index >= 15 is 0 Å². The van der Waals surface area contributed by atoms with Crippen molar-refractivity contribution in [2.75, 3.05) is 11.1 Å². The first-order valence-electron chi connectivity index (χ1n) is 12.7. The van der Waals surface area contributed by atoms with Crippen LogP contribution >= 0.6 is 11.3 Å². The number of anilines is 2. The van der Waals surface area contributed by atoms with Crippen LogP contribution in [-0.4, -0.2) is 46.7 Å². The van der Waals surface area contributed by atoms with E-state index in [9.17, 15) is 19.1 Å². The van der Waals surface area contributed by atoms with Crippen molar-refractivity contribution in [1.82, 2.24) is 29.7 Å². The Labute approximate surface area is 237 Å². The molecule has 13 heteroatoms. The summed E-state index contributed by atoms with van der Waals surface area (Å²) in [5, 5.41) is 19.8. The van der Waals surface area contributed by atoms with Gasteiger partial charge in [-0.2, -0.15) is 5.10 Å². The van der Waals surface area contributed by atoms with E-state index < -0.39 is 16.8 Å². The number of aromatic nitrogens is 6. The summed E-state index contributed by atoms with van der Waals surface area (Å²) in [7, 11) is 0. The van der Waals surface area contributed by atoms with Crippen LogP contribution in [-0.2, 0) is 28.0 Å². The number of rotatable bonds is 7. The van der Waals surface area contributed by atoms with Crippen LogP contribution in [0.15, 0.2) is 48.0 Å². The normalized spacial score (nSPS) is 16.6. The lowest BCUT2D eigenvalue weighted by molar-refractivity contribution is -0.146. The molecule has 0 bridgehead atoms. The lowest BCUT2D eigenvalue weighted by Crippen LogP contribution is -2.33. The lowest BCUT2D eigenvalue weighted by atomic mass is 9.85. The Bertz CT molecular complexity index is 1870. The van der Waals surface area contributed by atoms with Gasteiger partial charge in [0.1, 0.15) is 33.6 Å². The van der Waals surface area contributed by atoms with E-state index in [4.69, 9.17) is 5.73 Å². The van der Waals surface area contributed by atoms with Crippen molar-refractivity contribution in [2.24, 2.45) is 5.41 Å². The fourth-order valence-corrected chi connectivity index (χ4v) is 5.92. The number of hydrogen-bond donors (Lipinski definition) is 3. The molecule has 1 atom stereocenters. The van der Waals surface area contributed by atoms with Gasteiger partial charge in [-0.1, -0.05) is 18.2 Å². The maximum atomic E-state index is 14.4. The smallest absolute Gasteiger partial charge is 0.309 e. The highest BCUT2D eigenvalue weighted by Gasteiger charge is 2.50. The Morgan fingerprint density at radius 1 is 1.20 bits per heavy atom. The summed E-state index contributed by atoms with van der Waals surface area (Å²) < 4.78 is 16.0. The summed E-state index contributed by atoms with van der Waals surface area (Å²) in [5.74, 6) is -1.17. The highest BCUT2D eigenvalue weighted by molar-refractivity contribution is 7.10. The van der Waals surface area contributed by atoms with Crippen LogP contribution in [0.5, 0.6) is 0 Å². The second-order valence-corrected chi connectivity index (χ2v) is 11.6. The van der Waals surface area contributed by atoms with Gasteiger partial charge < -0.3 is 16.2 Å². The monoisotopic (exact) mass is 572 g/mol. The highest BCUT2D eigenvalue weighted by Crippen LogP contribution is 2.46. The molecular weight excluding hydrogens is 547 g/mol. The summed E-state index contributed by atoms with van der Waals surface area (Å²) in [6.45, 7) is 5.08. The number of benzene rings is 1. The Morgan fingerprint density at radius 2 is 1.98 bits per heavy atom. The summed E-state index contributed by atoms with van der Waals surface area (Å²) in [6, 6.07) is 10.0. The molecule has 4 N–H and O–H groups in total. The van der Waals surface area contributed by atoms with Gasteiger partial charge in [-0.15, -0.1) is 11.3 Å². The van der Waals surface area contributed by atoms with Crippen molar-refractivity contribution in [3.05, 3.63) is 75.6 Å². The maximum Gasteiger partial charge on any atom is 0.309 e. The third kappa shape index (κ3) is 4.29. The molecule has 0 radical (unpaired) electrons. The quantitative estimate of drug-likeness (QED) is 0.261. The summed E-state index contributed by atoms with van der Waals surface area (Å²) in [4.78, 5) is 43.2. The van der Waals surface area contributed by atoms with E-state index in [2.05, 4.69) is 30.4 Å². The number of carbonyl (C=O) groups is 2. The highest BCUT2D eigenvalue weighted by atomic mass is 32.1. The molecule has 0 fully saturated rings. The number of hydrogen-bond acceptors (Lipinski definition) is 9. The predicted octanol–water partition coefficient (Wildman–Crippen LogP) is 4.03. The minimum Gasteiger partial charge on any atom is -0.481 e. The zero-order valence-corrected chi connectivity index (χ0v) is 23.2. The molecule has 0 aliphatic carbocycles. The van der Waals surface area contributed by atoms with Gasteiger partial charge in [-0.05, 0) is 39.0 Å². The molecule has 11 nitrogen and oxygen atoms in total. The Balaban J connectivity index is 1.41. The van der Waals surface area contributed by atoms with E-state index in [0.29, 0.717) is 38.6 Å². The molecule has 208 valence electrons. The van der Waals surface area contributed by atoms with Gasteiger partial charge >= 0.3 is 5.97 Å². The zero-order chi connectivity index (χ0) is 29.1. The first-order valence-corrected chi connectivity index (χ1v) is 13.6. The Morgan fingerprint density at radius 3 is 2.73 bits per heavy atom. The fraction of sp³-hybridized carbons (Fsp3) is 0.250. The summed E-state index contributed by atoms with van der Waals surface area (Å²) in [6.07, 6.45) is 1.82. The second-order valence-electron chi connectivity index (χ2n) is 10.7. The van der Waals surface area contributed by atoms with Crippen LogP contribution in [0.2, 0.25) is 0 Å². The fourth-order valence-electron chi connectivity index (χ4n) is 4.94. The third-order valence-corrected chi connectivity index (χ3v) is 8.41. The molecule has 5 aromatic rings. The average Bonchev–Trinajstić information content (AvgIpc) is 3.61. The summed E-state index contributed by atoms with van der Waals surface area (Å²) in [5.41, 5.74) is 6.48. The van der Waals surface area contributed by atoms with Crippen molar-refractivity contribution in [3.63, 3.8) is 0 Å². The van der Waals surface area contributed by atoms with Crippen LogP contribution in [0.25, 0.3) is 22.6 Å². The SMILES string of the molecule is CC(C)(Cc1csc([C@@]2(C)C(=O)Nc3nc(-c4nn(Cc5ccccc5F)c5ncccc45)nc(N)c32)n1)C(=O)O. The molecular formula is C28H25FN8O3S. The van der Waals surface area contributed by atoms with Crippen LogP contribution in [0.3, 0.4) is 0 Å². The van der Waals surface area contributed by atoms with Crippen LogP contribution in [0, 0.1) is 11.2 Å². The van der Waals surface area contributed by atoms with Crippen molar-refractivity contribution in [3.8, 4) is 11.5 Å². The van der Waals surface area contributed by atoms with Crippen LogP contribution in [0.1, 0.15) is 42.6 Å².